The van der Waals surface area contributed by atoms with Gasteiger partial charge < -0.3 is 10.1 Å². The first-order valence-electron chi connectivity index (χ1n) is 12.4. The smallest absolute Gasteiger partial charge is 0.243 e. The number of carbonyl (C=O) groups is 1. The zero-order valence-electron chi connectivity index (χ0n) is 21.0. The second-order valence-corrected chi connectivity index (χ2v) is 14.2. The first-order valence-corrected chi connectivity index (χ1v) is 16.2. The summed E-state index contributed by atoms with van der Waals surface area (Å²) >= 11 is 12.1. The molecule has 2 aliphatic rings. The maximum Gasteiger partial charge on any atom is 0.243 e. The summed E-state index contributed by atoms with van der Waals surface area (Å²) in [5.41, 5.74) is 0.727. The van der Waals surface area contributed by atoms with Gasteiger partial charge >= 0.3 is 0 Å². The van der Waals surface area contributed by atoms with Gasteiger partial charge in [-0.3, -0.25) is 4.79 Å². The van der Waals surface area contributed by atoms with E-state index in [9.17, 15) is 21.6 Å². The number of methoxy groups -OCH3 is 1. The van der Waals surface area contributed by atoms with Crippen molar-refractivity contribution in [2.24, 2.45) is 5.92 Å². The molecule has 1 amide bonds. The molecule has 0 unspecified atom stereocenters. The molecule has 0 radical (unpaired) electrons. The van der Waals surface area contributed by atoms with Crippen LogP contribution in [0.4, 0.5) is 5.69 Å². The maximum atomic E-state index is 13.1. The summed E-state index contributed by atoms with van der Waals surface area (Å²) in [5.74, 6) is -0.660. The van der Waals surface area contributed by atoms with Crippen LogP contribution in [0.5, 0.6) is 5.75 Å². The quantitative estimate of drug-likeness (QED) is 0.480. The number of sulfonamides is 2. The summed E-state index contributed by atoms with van der Waals surface area (Å²) in [7, 11) is -5.88. The highest BCUT2D eigenvalue weighted by molar-refractivity contribution is 7.89. The van der Waals surface area contributed by atoms with Gasteiger partial charge in [0.2, 0.25) is 26.0 Å². The Balaban J connectivity index is 1.41. The third-order valence-electron chi connectivity index (χ3n) is 6.95. The lowest BCUT2D eigenvalue weighted by Crippen LogP contribution is -2.42. The van der Waals surface area contributed by atoms with Crippen LogP contribution >= 0.6 is 23.2 Å². The maximum absolute atomic E-state index is 13.1. The van der Waals surface area contributed by atoms with Crippen LogP contribution in [0.15, 0.2) is 41.3 Å². The molecule has 2 heterocycles. The number of benzene rings is 2. The van der Waals surface area contributed by atoms with Gasteiger partial charge in [0.15, 0.2) is 0 Å². The Labute approximate surface area is 234 Å². The standard InChI is InChI=1S/C25H31Cl2N3O6S2/c1-36-24-8-7-21(38(34,35)30-11-3-2-4-12-30)16-23(24)28-25(31)18-9-13-29(14-10-18)37(32,33)17-19-5-6-20(26)15-22(19)27/h5-8,15-16,18H,2-4,9-14,17H2,1H3,(H,28,31). The van der Waals surface area contributed by atoms with E-state index in [1.165, 1.54) is 40.0 Å². The molecule has 0 spiro atoms. The number of amides is 1. The third-order valence-corrected chi connectivity index (χ3v) is 11.3. The van der Waals surface area contributed by atoms with Crippen LogP contribution in [-0.4, -0.2) is 64.6 Å². The lowest BCUT2D eigenvalue weighted by atomic mass is 9.97. The Morgan fingerprint density at radius 1 is 0.947 bits per heavy atom. The lowest BCUT2D eigenvalue weighted by Gasteiger charge is -2.31. The average molecular weight is 605 g/mol. The largest absolute Gasteiger partial charge is 0.495 e. The van der Waals surface area contributed by atoms with Gasteiger partial charge in [0.1, 0.15) is 5.75 Å². The SMILES string of the molecule is COc1ccc(S(=O)(=O)N2CCCCC2)cc1NC(=O)C1CCN(S(=O)(=O)Cc2ccc(Cl)cc2Cl)CC1. The molecule has 13 heteroatoms. The zero-order chi connectivity index (χ0) is 27.5. The first-order chi connectivity index (χ1) is 18.0. The number of hydrogen-bond acceptors (Lipinski definition) is 6. The Kier molecular flexibility index (Phi) is 9.26. The van der Waals surface area contributed by atoms with Crippen molar-refractivity contribution in [1.29, 1.82) is 0 Å². The summed E-state index contributed by atoms with van der Waals surface area (Å²) < 4.78 is 60.4. The Morgan fingerprint density at radius 2 is 1.63 bits per heavy atom. The summed E-state index contributed by atoms with van der Waals surface area (Å²) in [6.45, 7) is 1.32. The van der Waals surface area contributed by atoms with Crippen molar-refractivity contribution < 1.29 is 26.4 Å². The Bertz CT molecular complexity index is 1390. The lowest BCUT2D eigenvalue weighted by molar-refractivity contribution is -0.120. The molecular formula is C25H31Cl2N3O6S2. The minimum Gasteiger partial charge on any atom is -0.495 e. The van der Waals surface area contributed by atoms with E-state index < -0.39 is 26.0 Å². The number of rotatable bonds is 8. The Hall–Kier alpha value is -1.89. The molecule has 0 saturated carbocycles. The molecule has 2 aromatic carbocycles. The fraction of sp³-hybridized carbons (Fsp3) is 0.480. The number of piperidine rings is 2. The topological polar surface area (TPSA) is 113 Å². The van der Waals surface area contributed by atoms with Crippen molar-refractivity contribution in [3.8, 4) is 5.75 Å². The highest BCUT2D eigenvalue weighted by Crippen LogP contribution is 2.32. The second kappa shape index (κ2) is 12.1. The molecule has 0 aromatic heterocycles. The van der Waals surface area contributed by atoms with Crippen LogP contribution in [0.1, 0.15) is 37.7 Å². The van der Waals surface area contributed by atoms with E-state index >= 15 is 0 Å². The molecule has 2 aromatic rings. The van der Waals surface area contributed by atoms with E-state index in [1.54, 1.807) is 12.1 Å². The van der Waals surface area contributed by atoms with Gasteiger partial charge in [-0.25, -0.2) is 21.1 Å². The zero-order valence-corrected chi connectivity index (χ0v) is 24.2. The van der Waals surface area contributed by atoms with Crippen LogP contribution in [0.2, 0.25) is 10.0 Å². The van der Waals surface area contributed by atoms with Gasteiger partial charge in [-0.05, 0) is 61.6 Å². The number of halogens is 2. The van der Waals surface area contributed by atoms with Crippen molar-refractivity contribution >= 4 is 54.8 Å². The van der Waals surface area contributed by atoms with Crippen molar-refractivity contribution in [2.45, 2.75) is 42.8 Å². The molecule has 0 aliphatic carbocycles. The molecule has 4 rings (SSSR count). The third kappa shape index (κ3) is 6.63. The van der Waals surface area contributed by atoms with Crippen LogP contribution in [-0.2, 0) is 30.6 Å². The molecular weight excluding hydrogens is 573 g/mol. The van der Waals surface area contributed by atoms with Gasteiger partial charge in [0.25, 0.3) is 0 Å². The van der Waals surface area contributed by atoms with Crippen molar-refractivity contribution in [3.63, 3.8) is 0 Å². The molecule has 9 nitrogen and oxygen atoms in total. The summed E-state index contributed by atoms with van der Waals surface area (Å²) in [6, 6.07) is 9.13. The molecule has 2 aliphatic heterocycles. The van der Waals surface area contributed by atoms with Crippen molar-refractivity contribution in [1.82, 2.24) is 8.61 Å². The molecule has 2 fully saturated rings. The normalized spacial score (nSPS) is 18.3. The van der Waals surface area contributed by atoms with Crippen LogP contribution in [0.3, 0.4) is 0 Å². The van der Waals surface area contributed by atoms with E-state index in [2.05, 4.69) is 5.32 Å². The number of carbonyl (C=O) groups excluding carboxylic acids is 1. The van der Waals surface area contributed by atoms with Crippen LogP contribution < -0.4 is 10.1 Å². The van der Waals surface area contributed by atoms with E-state index in [4.69, 9.17) is 27.9 Å². The monoisotopic (exact) mass is 603 g/mol. The summed E-state index contributed by atoms with van der Waals surface area (Å²) in [6.07, 6.45) is 3.30. The predicted octanol–water partition coefficient (Wildman–Crippen LogP) is 4.36. The highest BCUT2D eigenvalue weighted by Gasteiger charge is 2.32. The highest BCUT2D eigenvalue weighted by atomic mass is 35.5. The van der Waals surface area contributed by atoms with E-state index in [0.717, 1.165) is 19.3 Å². The fourth-order valence-corrected chi connectivity index (χ4v) is 8.45. The van der Waals surface area contributed by atoms with Gasteiger partial charge in [-0.1, -0.05) is 35.7 Å². The van der Waals surface area contributed by atoms with Crippen LogP contribution in [0.25, 0.3) is 0 Å². The fourth-order valence-electron chi connectivity index (χ4n) is 4.76. The minimum atomic E-state index is -3.69. The number of ether oxygens (including phenoxy) is 1. The van der Waals surface area contributed by atoms with Crippen molar-refractivity contribution in [3.05, 3.63) is 52.0 Å². The molecule has 208 valence electrons. The number of nitrogens with one attached hydrogen (secondary N) is 1. The van der Waals surface area contributed by atoms with Crippen molar-refractivity contribution in [2.75, 3.05) is 38.6 Å². The van der Waals surface area contributed by atoms with Gasteiger partial charge in [0, 0.05) is 42.1 Å². The number of nitrogens with zero attached hydrogens (tertiary/aromatic N) is 2. The second-order valence-electron chi connectivity index (χ2n) is 9.48. The van der Waals surface area contributed by atoms with Gasteiger partial charge in [-0.2, -0.15) is 4.31 Å². The van der Waals surface area contributed by atoms with E-state index in [0.29, 0.717) is 42.3 Å². The summed E-state index contributed by atoms with van der Waals surface area (Å²) in [4.78, 5) is 13.2. The molecule has 38 heavy (non-hydrogen) atoms. The molecule has 2 saturated heterocycles. The Morgan fingerprint density at radius 3 is 2.26 bits per heavy atom. The van der Waals surface area contributed by atoms with E-state index in [1.807, 2.05) is 0 Å². The van der Waals surface area contributed by atoms with Gasteiger partial charge in [0.05, 0.1) is 23.4 Å². The molecule has 0 atom stereocenters. The number of hydrogen-bond donors (Lipinski definition) is 1. The first kappa shape index (κ1) is 29.1. The predicted molar refractivity (Wildman–Crippen MR) is 148 cm³/mol. The van der Waals surface area contributed by atoms with E-state index in [-0.39, 0.29) is 40.4 Å². The molecule has 1 N–H and O–H groups in total. The number of anilines is 1. The minimum absolute atomic E-state index is 0.0947. The summed E-state index contributed by atoms with van der Waals surface area (Å²) in [5, 5.41) is 3.52. The van der Waals surface area contributed by atoms with Gasteiger partial charge in [-0.15, -0.1) is 0 Å². The molecule has 0 bridgehead atoms. The van der Waals surface area contributed by atoms with Crippen LogP contribution in [0, 0.1) is 5.92 Å². The average Bonchev–Trinajstić information content (AvgIpc) is 2.90.